The summed E-state index contributed by atoms with van der Waals surface area (Å²) in [7, 11) is 0. The Hall–Kier alpha value is -2.17. The van der Waals surface area contributed by atoms with Crippen LogP contribution in [0.5, 0.6) is 0 Å². The maximum Gasteiger partial charge on any atom is 0.226 e. The van der Waals surface area contributed by atoms with E-state index < -0.39 is 66.8 Å². The molecule has 4 heteroatoms. The van der Waals surface area contributed by atoms with Gasteiger partial charge in [-0.1, -0.05) is 55.4 Å². The van der Waals surface area contributed by atoms with Gasteiger partial charge < -0.3 is 14.9 Å². The number of carbonyl (C=O) groups is 1. The number of hydrogen-bond donors (Lipinski definition) is 1. The van der Waals surface area contributed by atoms with E-state index in [-0.39, 0.29) is 25.9 Å². The van der Waals surface area contributed by atoms with Gasteiger partial charge in [0.1, 0.15) is 0 Å². The zero-order valence-electron chi connectivity index (χ0n) is 23.6. The third-order valence-corrected chi connectivity index (χ3v) is 4.41. The number of aliphatic hydroxyl groups is 1. The minimum atomic E-state index is -2.38. The van der Waals surface area contributed by atoms with Crippen molar-refractivity contribution in [2.45, 2.75) is 38.3 Å². The highest BCUT2D eigenvalue weighted by Crippen LogP contribution is 2.25. The molecule has 2 aromatic rings. The Morgan fingerprint density at radius 2 is 1.92 bits per heavy atom. The highest BCUT2D eigenvalue weighted by Gasteiger charge is 2.29. The molecule has 2 aromatic carbocycles. The Bertz CT molecular complexity index is 1060. The second kappa shape index (κ2) is 8.97. The molecule has 0 aromatic heterocycles. The number of carbonyl (C=O) groups excluding carboxylic acids is 1. The number of anilines is 1. The van der Waals surface area contributed by atoms with Crippen LogP contribution in [0.3, 0.4) is 0 Å². The van der Waals surface area contributed by atoms with E-state index in [4.69, 9.17) is 12.3 Å². The molecule has 1 heterocycles. The van der Waals surface area contributed by atoms with E-state index in [2.05, 4.69) is 0 Å². The first kappa shape index (κ1) is 10.2. The lowest BCUT2D eigenvalue weighted by atomic mass is 10.0. The van der Waals surface area contributed by atoms with Crippen LogP contribution in [0.4, 0.5) is 5.69 Å². The van der Waals surface area contributed by atoms with Crippen molar-refractivity contribution in [3.8, 4) is 0 Å². The molecule has 1 unspecified atom stereocenters. The smallest absolute Gasteiger partial charge is 0.226 e. The van der Waals surface area contributed by atoms with Crippen molar-refractivity contribution in [2.75, 3.05) is 24.5 Å². The summed E-state index contributed by atoms with van der Waals surface area (Å²) in [6, 6.07) is 4.58. The first-order chi connectivity index (χ1) is 16.2. The van der Waals surface area contributed by atoms with Crippen LogP contribution in [0, 0.1) is 0 Å². The lowest BCUT2D eigenvalue weighted by Gasteiger charge is -2.39. The molecular weight excluding hydrogens is 324 g/mol. The van der Waals surface area contributed by atoms with E-state index >= 15 is 0 Å². The number of β-amino-alcohol motifs (C(OH)–C–C–N with tert-alkyl or cyclic N) is 1. The lowest BCUT2D eigenvalue weighted by Crippen LogP contribution is -2.48. The van der Waals surface area contributed by atoms with E-state index in [1.807, 2.05) is 0 Å². The molecule has 1 amide bonds. The number of para-hydroxylation sites is 1. The number of hydrogen-bond acceptors (Lipinski definition) is 3. The van der Waals surface area contributed by atoms with Crippen molar-refractivity contribution < 1.29 is 22.2 Å². The molecule has 26 heavy (non-hydrogen) atoms. The Balaban J connectivity index is 1.93. The van der Waals surface area contributed by atoms with Crippen molar-refractivity contribution in [2.24, 2.45) is 0 Å². The molecule has 0 bridgehead atoms. The molecule has 0 aliphatic carbocycles. The highest BCUT2D eigenvalue weighted by molar-refractivity contribution is 5.93. The average molecular weight is 362 g/mol. The molecular formula is C22H28N2O2. The molecule has 1 saturated heterocycles. The Kier molecular flexibility index (Phi) is 3.53. The Morgan fingerprint density at radius 1 is 1.27 bits per heavy atom. The number of benzene rings is 2. The fraction of sp³-hybridized carbons (Fsp3) is 0.409. The molecule has 0 spiro atoms. The molecule has 1 aliphatic heterocycles. The van der Waals surface area contributed by atoms with Gasteiger partial charge in [-0.25, -0.2) is 0 Å². The van der Waals surface area contributed by atoms with Crippen LogP contribution in [-0.2, 0) is 4.79 Å². The fourth-order valence-corrected chi connectivity index (χ4v) is 3.07. The molecule has 0 saturated carbocycles. The predicted octanol–water partition coefficient (Wildman–Crippen LogP) is 3.63. The number of piperidine rings is 1. The maximum atomic E-state index is 13.1. The van der Waals surface area contributed by atoms with Gasteiger partial charge in [-0.2, -0.15) is 0 Å². The number of rotatable bonds is 6. The first-order valence-corrected chi connectivity index (χ1v) is 8.58. The highest BCUT2D eigenvalue weighted by atomic mass is 16.3. The van der Waals surface area contributed by atoms with Gasteiger partial charge in [-0.3, -0.25) is 4.79 Å². The second-order valence-electron chi connectivity index (χ2n) is 6.06. The Labute approximate surface area is 168 Å². The number of likely N-dealkylation sites (tertiary alicyclic amines) is 1. The first-order valence-electron chi connectivity index (χ1n) is 13.1. The van der Waals surface area contributed by atoms with Crippen LogP contribution < -0.4 is 4.90 Å². The van der Waals surface area contributed by atoms with E-state index in [1.165, 1.54) is 4.90 Å². The van der Waals surface area contributed by atoms with Crippen molar-refractivity contribution in [1.29, 1.82) is 0 Å². The van der Waals surface area contributed by atoms with Crippen molar-refractivity contribution >= 4 is 11.6 Å². The minimum Gasteiger partial charge on any atom is -0.387 e. The van der Waals surface area contributed by atoms with Gasteiger partial charge in [0.2, 0.25) is 5.91 Å². The molecule has 4 nitrogen and oxygen atoms in total. The zero-order chi connectivity index (χ0) is 26.3. The SMILES string of the molecule is [2H]c1c([2H])c([2H])c(N(C(=O)C([2H])([2H])C)C2CCN(C([2H])([2H])C(O)c3ccccc3)CC2)c([2H])c1[2H]. The summed E-state index contributed by atoms with van der Waals surface area (Å²) in [5, 5.41) is 10.7. The normalized spacial score (nSPS) is 23.1. The van der Waals surface area contributed by atoms with Gasteiger partial charge in [0.15, 0.2) is 0 Å². The van der Waals surface area contributed by atoms with Crippen LogP contribution >= 0.6 is 0 Å². The van der Waals surface area contributed by atoms with Gasteiger partial charge in [0.25, 0.3) is 0 Å². The maximum absolute atomic E-state index is 13.1. The minimum absolute atomic E-state index is 0.0940. The Morgan fingerprint density at radius 3 is 2.54 bits per heavy atom. The summed E-state index contributed by atoms with van der Waals surface area (Å²) in [6.07, 6.45) is -3.52. The van der Waals surface area contributed by atoms with Crippen LogP contribution in [-0.4, -0.2) is 41.5 Å². The summed E-state index contributed by atoms with van der Waals surface area (Å²) in [6.45, 7) is -0.897. The second-order valence-corrected chi connectivity index (χ2v) is 6.06. The van der Waals surface area contributed by atoms with E-state index in [9.17, 15) is 9.90 Å². The number of nitrogens with zero attached hydrogens (tertiary/aromatic N) is 2. The van der Waals surface area contributed by atoms with Crippen molar-refractivity contribution in [3.63, 3.8) is 0 Å². The fourth-order valence-electron chi connectivity index (χ4n) is 3.07. The van der Waals surface area contributed by atoms with Crippen molar-refractivity contribution in [3.05, 3.63) is 66.1 Å². The number of amides is 1. The summed E-state index contributed by atoms with van der Waals surface area (Å²) < 4.78 is 73.2. The van der Waals surface area contributed by atoms with E-state index in [0.717, 1.165) is 11.8 Å². The summed E-state index contributed by atoms with van der Waals surface area (Å²) >= 11 is 0. The molecule has 0 radical (unpaired) electrons. The van der Waals surface area contributed by atoms with Crippen LogP contribution in [0.15, 0.2) is 60.5 Å². The quantitative estimate of drug-likeness (QED) is 0.854. The summed E-state index contributed by atoms with van der Waals surface area (Å²) in [4.78, 5) is 15.5. The van der Waals surface area contributed by atoms with Gasteiger partial charge >= 0.3 is 0 Å². The molecule has 3 rings (SSSR count). The van der Waals surface area contributed by atoms with Gasteiger partial charge in [0.05, 0.1) is 13.0 Å². The molecule has 138 valence electrons. The third-order valence-electron chi connectivity index (χ3n) is 4.41. The topological polar surface area (TPSA) is 43.8 Å². The summed E-state index contributed by atoms with van der Waals surface area (Å²) in [5.41, 5.74) is 0.0206. The van der Waals surface area contributed by atoms with Gasteiger partial charge in [-0.15, -0.1) is 0 Å². The monoisotopic (exact) mass is 361 g/mol. The van der Waals surface area contributed by atoms with Crippen molar-refractivity contribution in [1.82, 2.24) is 4.90 Å². The van der Waals surface area contributed by atoms with Gasteiger partial charge in [0, 0.05) is 43.2 Å². The van der Waals surface area contributed by atoms with Crippen LogP contribution in [0.1, 0.15) is 50.1 Å². The molecule has 1 atom stereocenters. The van der Waals surface area contributed by atoms with Crippen LogP contribution in [0.25, 0.3) is 0 Å². The largest absolute Gasteiger partial charge is 0.387 e. The third kappa shape index (κ3) is 4.51. The molecule has 1 aliphatic rings. The van der Waals surface area contributed by atoms with Gasteiger partial charge in [-0.05, 0) is 30.5 Å². The predicted molar refractivity (Wildman–Crippen MR) is 105 cm³/mol. The number of aliphatic hydroxyl groups excluding tert-OH is 1. The average Bonchev–Trinajstić information content (AvgIpc) is 2.83. The van der Waals surface area contributed by atoms with E-state index in [1.54, 1.807) is 30.3 Å². The lowest BCUT2D eigenvalue weighted by molar-refractivity contribution is -0.119. The van der Waals surface area contributed by atoms with Crippen LogP contribution in [0.2, 0.25) is 0 Å². The summed E-state index contributed by atoms with van der Waals surface area (Å²) in [5.74, 6) is -1.04. The molecule has 1 N–H and O–H groups in total. The van der Waals surface area contributed by atoms with E-state index in [0.29, 0.717) is 5.56 Å². The standard InChI is InChI=1S/C22H28N2O2/c1-2-22(26)24(19-11-7-4-8-12-19)20-13-15-23(16-14-20)17-21(25)18-9-5-3-6-10-18/h3-12,20-21,25H,2,13-17H2,1H3/i2D2,4D,7D,8D,11D,12D,17D2. The molecule has 1 fully saturated rings. The zero-order valence-corrected chi connectivity index (χ0v) is 14.6.